The third-order valence-electron chi connectivity index (χ3n) is 5.23. The van der Waals surface area contributed by atoms with Crippen LogP contribution >= 0.6 is 11.6 Å². The predicted octanol–water partition coefficient (Wildman–Crippen LogP) is 5.73. The van der Waals surface area contributed by atoms with E-state index in [0.29, 0.717) is 22.9 Å². The minimum absolute atomic E-state index is 0.00657. The zero-order valence-electron chi connectivity index (χ0n) is 18.6. The van der Waals surface area contributed by atoms with Crippen molar-refractivity contribution in [1.82, 2.24) is 9.78 Å². The molecule has 0 radical (unpaired) electrons. The molecule has 0 aliphatic carbocycles. The fraction of sp³-hybridized carbons (Fsp3) is 0.115. The van der Waals surface area contributed by atoms with Crippen LogP contribution in [0, 0.1) is 0 Å². The van der Waals surface area contributed by atoms with Gasteiger partial charge in [-0.3, -0.25) is 0 Å². The molecule has 34 heavy (non-hydrogen) atoms. The van der Waals surface area contributed by atoms with E-state index in [1.165, 1.54) is 6.07 Å². The Hall–Kier alpha value is -3.23. The van der Waals surface area contributed by atoms with Gasteiger partial charge in [-0.15, -0.1) is 0 Å². The summed E-state index contributed by atoms with van der Waals surface area (Å²) in [4.78, 5) is 0.00657. The smallest absolute Gasteiger partial charge is 0.238 e. The van der Waals surface area contributed by atoms with Crippen LogP contribution in [0.15, 0.2) is 89.8 Å². The number of hydrogen-bond acceptors (Lipinski definition) is 4. The van der Waals surface area contributed by atoms with Gasteiger partial charge in [-0.1, -0.05) is 78.3 Å². The van der Waals surface area contributed by atoms with Crippen LogP contribution in [0.4, 0.5) is 0 Å². The molecular formula is C26H24ClN3O3S. The number of nitrogens with zero attached hydrogens (tertiary/aromatic N) is 2. The minimum Gasteiger partial charge on any atom is -0.370 e. The zero-order valence-corrected chi connectivity index (χ0v) is 20.1. The highest BCUT2D eigenvalue weighted by Gasteiger charge is 2.24. The molecule has 0 aliphatic rings. The monoisotopic (exact) mass is 493 g/mol. The molecule has 0 saturated heterocycles. The SMILES string of the molecule is CC=Cn1nc(-c2ccccc2S(N)(=O)=O)c(-c2ccc(Cl)cc2)c1COCc1ccccc1. The predicted molar refractivity (Wildman–Crippen MR) is 135 cm³/mol. The van der Waals surface area contributed by atoms with Gasteiger partial charge in [0.05, 0.1) is 23.8 Å². The van der Waals surface area contributed by atoms with Crippen LogP contribution in [0.3, 0.4) is 0 Å². The molecule has 4 rings (SSSR count). The Labute approximate surface area is 204 Å². The lowest BCUT2D eigenvalue weighted by atomic mass is 9.99. The van der Waals surface area contributed by atoms with Crippen LogP contribution in [-0.2, 0) is 28.0 Å². The van der Waals surface area contributed by atoms with E-state index in [1.807, 2.05) is 61.7 Å². The number of benzene rings is 3. The third-order valence-corrected chi connectivity index (χ3v) is 6.45. The number of halogens is 1. The lowest BCUT2D eigenvalue weighted by Gasteiger charge is -2.11. The first-order valence-corrected chi connectivity index (χ1v) is 12.5. The van der Waals surface area contributed by atoms with Crippen molar-refractivity contribution in [3.8, 4) is 22.4 Å². The topological polar surface area (TPSA) is 87.2 Å². The number of allylic oxidation sites excluding steroid dienone is 1. The molecule has 174 valence electrons. The fourth-order valence-electron chi connectivity index (χ4n) is 3.73. The van der Waals surface area contributed by atoms with E-state index in [2.05, 4.69) is 0 Å². The standard InChI is InChI=1S/C26H24ClN3O3S/c1-2-16-30-23(18-33-17-19-8-4-3-5-9-19)25(20-12-14-21(27)15-13-20)26(29-30)22-10-6-7-11-24(22)34(28,31)32/h2-16H,17-18H2,1H3,(H2,28,31,32). The van der Waals surface area contributed by atoms with Gasteiger partial charge < -0.3 is 4.74 Å². The molecule has 0 unspecified atom stereocenters. The van der Waals surface area contributed by atoms with Gasteiger partial charge in [0, 0.05) is 22.3 Å². The van der Waals surface area contributed by atoms with E-state index in [-0.39, 0.29) is 11.5 Å². The molecule has 0 atom stereocenters. The molecule has 0 bridgehead atoms. The maximum absolute atomic E-state index is 12.4. The van der Waals surface area contributed by atoms with E-state index in [0.717, 1.165) is 22.4 Å². The Morgan fingerprint density at radius 1 is 0.971 bits per heavy atom. The van der Waals surface area contributed by atoms with Gasteiger partial charge in [-0.25, -0.2) is 18.2 Å². The van der Waals surface area contributed by atoms with Crippen LogP contribution in [-0.4, -0.2) is 18.2 Å². The highest BCUT2D eigenvalue weighted by atomic mass is 35.5. The number of nitrogens with two attached hydrogens (primary N) is 1. The van der Waals surface area contributed by atoms with Gasteiger partial charge in [-0.2, -0.15) is 5.10 Å². The summed E-state index contributed by atoms with van der Waals surface area (Å²) in [6, 6.07) is 23.8. The number of sulfonamides is 1. The fourth-order valence-corrected chi connectivity index (χ4v) is 4.60. The Kier molecular flexibility index (Phi) is 7.29. The van der Waals surface area contributed by atoms with Crippen LogP contribution < -0.4 is 5.14 Å². The normalized spacial score (nSPS) is 11.9. The average Bonchev–Trinajstić information content (AvgIpc) is 3.18. The van der Waals surface area contributed by atoms with Gasteiger partial charge in [0.15, 0.2) is 0 Å². The average molecular weight is 494 g/mol. The van der Waals surface area contributed by atoms with Crippen molar-refractivity contribution in [2.75, 3.05) is 0 Å². The lowest BCUT2D eigenvalue weighted by Crippen LogP contribution is -2.13. The summed E-state index contributed by atoms with van der Waals surface area (Å²) in [5.41, 5.74) is 4.31. The number of rotatable bonds is 8. The van der Waals surface area contributed by atoms with Crippen molar-refractivity contribution in [2.24, 2.45) is 5.14 Å². The Balaban J connectivity index is 1.88. The molecule has 0 fully saturated rings. The molecule has 8 heteroatoms. The van der Waals surface area contributed by atoms with Gasteiger partial charge in [0.25, 0.3) is 0 Å². The lowest BCUT2D eigenvalue weighted by molar-refractivity contribution is 0.103. The van der Waals surface area contributed by atoms with Gasteiger partial charge >= 0.3 is 0 Å². The Morgan fingerprint density at radius 3 is 2.32 bits per heavy atom. The van der Waals surface area contributed by atoms with Crippen molar-refractivity contribution in [3.63, 3.8) is 0 Å². The maximum atomic E-state index is 12.4. The molecule has 4 aromatic rings. The molecule has 6 nitrogen and oxygen atoms in total. The Bertz CT molecular complexity index is 1410. The highest BCUT2D eigenvalue weighted by molar-refractivity contribution is 7.89. The van der Waals surface area contributed by atoms with E-state index in [1.54, 1.807) is 35.0 Å². The molecule has 0 saturated carbocycles. The van der Waals surface area contributed by atoms with Crippen LogP contribution in [0.5, 0.6) is 0 Å². The quantitative estimate of drug-likeness (QED) is 0.340. The van der Waals surface area contributed by atoms with Crippen molar-refractivity contribution in [3.05, 3.63) is 101 Å². The van der Waals surface area contributed by atoms with Crippen molar-refractivity contribution in [2.45, 2.75) is 25.0 Å². The van der Waals surface area contributed by atoms with Gasteiger partial charge in [-0.05, 0) is 36.2 Å². The molecule has 2 N–H and O–H groups in total. The first-order valence-electron chi connectivity index (χ1n) is 10.6. The second-order valence-electron chi connectivity index (χ2n) is 7.62. The first-order chi connectivity index (χ1) is 16.4. The van der Waals surface area contributed by atoms with Crippen LogP contribution in [0.25, 0.3) is 28.6 Å². The highest BCUT2D eigenvalue weighted by Crippen LogP contribution is 2.38. The van der Waals surface area contributed by atoms with Crippen molar-refractivity contribution in [1.29, 1.82) is 0 Å². The second kappa shape index (κ2) is 10.4. The number of primary sulfonamides is 1. The Morgan fingerprint density at radius 2 is 1.65 bits per heavy atom. The summed E-state index contributed by atoms with van der Waals surface area (Å²) in [5, 5.41) is 10.9. The summed E-state index contributed by atoms with van der Waals surface area (Å²) < 4.78 is 32.5. The van der Waals surface area contributed by atoms with Crippen LogP contribution in [0.2, 0.25) is 5.02 Å². The molecule has 0 aliphatic heterocycles. The zero-order chi connectivity index (χ0) is 24.1. The third kappa shape index (κ3) is 5.29. The first kappa shape index (κ1) is 23.9. The van der Waals surface area contributed by atoms with Gasteiger partial charge in [0.2, 0.25) is 10.0 Å². The minimum atomic E-state index is -3.98. The summed E-state index contributed by atoms with van der Waals surface area (Å²) in [6.45, 7) is 2.56. The number of ether oxygens (including phenoxy) is 1. The van der Waals surface area contributed by atoms with E-state index in [4.69, 9.17) is 26.6 Å². The molecular weight excluding hydrogens is 470 g/mol. The van der Waals surface area contributed by atoms with Crippen LogP contribution in [0.1, 0.15) is 18.2 Å². The summed E-state index contributed by atoms with van der Waals surface area (Å²) in [6.07, 6.45) is 3.67. The molecule has 3 aromatic carbocycles. The summed E-state index contributed by atoms with van der Waals surface area (Å²) in [7, 11) is -3.98. The van der Waals surface area contributed by atoms with E-state index >= 15 is 0 Å². The maximum Gasteiger partial charge on any atom is 0.238 e. The van der Waals surface area contributed by atoms with Crippen molar-refractivity contribution < 1.29 is 13.2 Å². The summed E-state index contributed by atoms with van der Waals surface area (Å²) >= 11 is 6.13. The second-order valence-corrected chi connectivity index (χ2v) is 9.59. The molecule has 0 spiro atoms. The molecule has 1 heterocycles. The van der Waals surface area contributed by atoms with Gasteiger partial charge in [0.1, 0.15) is 5.69 Å². The molecule has 0 amide bonds. The largest absolute Gasteiger partial charge is 0.370 e. The van der Waals surface area contributed by atoms with E-state index in [9.17, 15) is 8.42 Å². The van der Waals surface area contributed by atoms with E-state index < -0.39 is 10.0 Å². The number of hydrogen-bond donors (Lipinski definition) is 1. The molecule has 1 aromatic heterocycles. The number of aromatic nitrogens is 2. The van der Waals surface area contributed by atoms with Crippen molar-refractivity contribution >= 4 is 27.8 Å². The summed E-state index contributed by atoms with van der Waals surface area (Å²) in [5.74, 6) is 0.